The summed E-state index contributed by atoms with van der Waals surface area (Å²) >= 11 is 1.93. The van der Waals surface area contributed by atoms with E-state index in [9.17, 15) is 4.79 Å². The van der Waals surface area contributed by atoms with Gasteiger partial charge in [0.1, 0.15) is 0 Å². The molecule has 4 nitrogen and oxygen atoms in total. The van der Waals surface area contributed by atoms with Gasteiger partial charge in [0.05, 0.1) is 0 Å². The molecule has 0 aliphatic carbocycles. The van der Waals surface area contributed by atoms with Gasteiger partial charge in [0, 0.05) is 49.8 Å². The molecule has 0 spiro atoms. The van der Waals surface area contributed by atoms with Gasteiger partial charge in [-0.1, -0.05) is 0 Å². The van der Waals surface area contributed by atoms with Crippen molar-refractivity contribution in [1.29, 1.82) is 0 Å². The maximum absolute atomic E-state index is 12.0. The van der Waals surface area contributed by atoms with Crippen molar-refractivity contribution in [2.45, 2.75) is 38.3 Å². The molecule has 0 radical (unpaired) electrons. The van der Waals surface area contributed by atoms with Crippen LogP contribution in [0.15, 0.2) is 0 Å². The van der Waals surface area contributed by atoms with Gasteiger partial charge < -0.3 is 15.4 Å². The van der Waals surface area contributed by atoms with Crippen molar-refractivity contribution in [2.24, 2.45) is 5.92 Å². The molecule has 2 aliphatic rings. The van der Waals surface area contributed by atoms with E-state index in [0.717, 1.165) is 44.1 Å². The van der Waals surface area contributed by atoms with E-state index in [1.807, 2.05) is 11.8 Å². The van der Waals surface area contributed by atoms with E-state index in [2.05, 4.69) is 17.6 Å². The normalized spacial score (nSPS) is 26.3. The average Bonchev–Trinajstić information content (AvgIpc) is 2.40. The second-order valence-electron chi connectivity index (χ2n) is 5.24. The zero-order valence-corrected chi connectivity index (χ0v) is 13.2. The lowest BCUT2D eigenvalue weighted by atomic mass is 9.93. The van der Waals surface area contributed by atoms with Gasteiger partial charge in [-0.3, -0.25) is 4.79 Å². The lowest BCUT2D eigenvalue weighted by molar-refractivity contribution is -0.122. The highest BCUT2D eigenvalue weighted by molar-refractivity contribution is 7.99. The predicted molar refractivity (Wildman–Crippen MR) is 82.1 cm³/mol. The number of carbonyl (C=O) groups is 1. The third-order valence-corrected chi connectivity index (χ3v) is 4.92. The summed E-state index contributed by atoms with van der Waals surface area (Å²) in [5.74, 6) is 2.99. The minimum Gasteiger partial charge on any atom is -0.381 e. The zero-order valence-electron chi connectivity index (χ0n) is 11.5. The molecular weight excluding hydrogens is 284 g/mol. The van der Waals surface area contributed by atoms with Crippen LogP contribution in [0.2, 0.25) is 0 Å². The molecule has 2 rings (SSSR count). The molecular formula is C13H25ClN2O2S. The first-order chi connectivity index (χ1) is 8.75. The summed E-state index contributed by atoms with van der Waals surface area (Å²) in [5.41, 5.74) is 0. The number of hydrogen-bond acceptors (Lipinski definition) is 4. The molecule has 2 fully saturated rings. The summed E-state index contributed by atoms with van der Waals surface area (Å²) in [6.07, 6.45) is 2.75. The van der Waals surface area contributed by atoms with Crippen molar-refractivity contribution in [1.82, 2.24) is 10.6 Å². The fourth-order valence-corrected chi connectivity index (χ4v) is 3.57. The number of ether oxygens (including phenoxy) is 1. The Balaban J connectivity index is 0.00000180. The average molecular weight is 309 g/mol. The highest BCUT2D eigenvalue weighted by atomic mass is 35.5. The van der Waals surface area contributed by atoms with Crippen LogP contribution in [0.1, 0.15) is 26.2 Å². The van der Waals surface area contributed by atoms with Crippen LogP contribution >= 0.6 is 24.2 Å². The van der Waals surface area contributed by atoms with Crippen molar-refractivity contribution >= 4 is 30.1 Å². The molecule has 0 aromatic heterocycles. The van der Waals surface area contributed by atoms with Gasteiger partial charge in [0.2, 0.25) is 5.91 Å². The summed E-state index contributed by atoms with van der Waals surface area (Å²) in [4.78, 5) is 12.0. The summed E-state index contributed by atoms with van der Waals surface area (Å²) < 4.78 is 5.35. The number of nitrogens with one attached hydrogen (secondary N) is 2. The minimum absolute atomic E-state index is 0. The van der Waals surface area contributed by atoms with Gasteiger partial charge in [-0.15, -0.1) is 12.4 Å². The van der Waals surface area contributed by atoms with Crippen LogP contribution in [0.25, 0.3) is 0 Å². The van der Waals surface area contributed by atoms with Crippen LogP contribution in [0.4, 0.5) is 0 Å². The van der Waals surface area contributed by atoms with E-state index in [0.29, 0.717) is 18.4 Å². The maximum atomic E-state index is 12.0. The Morgan fingerprint density at radius 1 is 1.47 bits per heavy atom. The molecule has 2 atom stereocenters. The molecule has 2 aliphatic heterocycles. The SMILES string of the molecule is CC(NC(=O)CC1CSCCN1)C1CCOCC1.Cl. The minimum atomic E-state index is 0. The summed E-state index contributed by atoms with van der Waals surface area (Å²) in [7, 11) is 0. The smallest absolute Gasteiger partial charge is 0.221 e. The van der Waals surface area contributed by atoms with Crippen LogP contribution in [0.3, 0.4) is 0 Å². The van der Waals surface area contributed by atoms with Gasteiger partial charge in [-0.05, 0) is 25.7 Å². The van der Waals surface area contributed by atoms with E-state index in [1.54, 1.807) is 0 Å². The van der Waals surface area contributed by atoms with Crippen LogP contribution in [-0.2, 0) is 9.53 Å². The van der Waals surface area contributed by atoms with Crippen LogP contribution < -0.4 is 10.6 Å². The third-order valence-electron chi connectivity index (χ3n) is 3.79. The molecule has 0 aromatic rings. The Morgan fingerprint density at radius 2 is 2.21 bits per heavy atom. The zero-order chi connectivity index (χ0) is 12.8. The first-order valence-corrected chi connectivity index (χ1v) is 8.09. The third kappa shape index (κ3) is 5.90. The summed E-state index contributed by atoms with van der Waals surface area (Å²) in [6, 6.07) is 0.628. The monoisotopic (exact) mass is 308 g/mol. The highest BCUT2D eigenvalue weighted by Crippen LogP contribution is 2.18. The largest absolute Gasteiger partial charge is 0.381 e. The molecule has 6 heteroatoms. The first-order valence-electron chi connectivity index (χ1n) is 6.94. The number of halogens is 1. The first kappa shape index (κ1) is 17.1. The second kappa shape index (κ2) is 9.06. The molecule has 0 aromatic carbocycles. The van der Waals surface area contributed by atoms with Crippen molar-refractivity contribution in [3.8, 4) is 0 Å². The number of carbonyl (C=O) groups excluding carboxylic acids is 1. The van der Waals surface area contributed by atoms with Gasteiger partial charge in [0.15, 0.2) is 0 Å². The van der Waals surface area contributed by atoms with Gasteiger partial charge >= 0.3 is 0 Å². The Hall–Kier alpha value is 0.0300. The summed E-state index contributed by atoms with van der Waals surface area (Å²) in [5, 5.41) is 6.55. The van der Waals surface area contributed by atoms with Crippen LogP contribution in [0, 0.1) is 5.92 Å². The molecule has 0 saturated carbocycles. The topological polar surface area (TPSA) is 50.4 Å². The van der Waals surface area contributed by atoms with Gasteiger partial charge in [0.25, 0.3) is 0 Å². The van der Waals surface area contributed by atoms with E-state index >= 15 is 0 Å². The van der Waals surface area contributed by atoms with E-state index in [4.69, 9.17) is 4.74 Å². The molecule has 19 heavy (non-hydrogen) atoms. The van der Waals surface area contributed by atoms with E-state index in [1.165, 1.54) is 0 Å². The molecule has 0 bridgehead atoms. The second-order valence-corrected chi connectivity index (χ2v) is 6.39. The molecule has 2 heterocycles. The molecule has 1 amide bonds. The van der Waals surface area contributed by atoms with E-state index < -0.39 is 0 Å². The Kier molecular flexibility index (Phi) is 8.14. The van der Waals surface area contributed by atoms with Gasteiger partial charge in [-0.2, -0.15) is 11.8 Å². The quantitative estimate of drug-likeness (QED) is 0.825. The number of hydrogen-bond donors (Lipinski definition) is 2. The summed E-state index contributed by atoms with van der Waals surface area (Å²) in [6.45, 7) is 4.83. The Labute approximate surface area is 126 Å². The van der Waals surface area contributed by atoms with Crippen LogP contribution in [-0.4, -0.2) is 49.3 Å². The molecule has 2 saturated heterocycles. The fraction of sp³-hybridized carbons (Fsp3) is 0.923. The number of thioether (sulfide) groups is 1. The van der Waals surface area contributed by atoms with Crippen molar-refractivity contribution < 1.29 is 9.53 Å². The number of rotatable bonds is 4. The Morgan fingerprint density at radius 3 is 2.84 bits per heavy atom. The van der Waals surface area contributed by atoms with Crippen molar-refractivity contribution in [3.05, 3.63) is 0 Å². The van der Waals surface area contributed by atoms with Crippen LogP contribution in [0.5, 0.6) is 0 Å². The molecule has 2 N–H and O–H groups in total. The lowest BCUT2D eigenvalue weighted by Gasteiger charge is -2.29. The Bertz CT molecular complexity index is 269. The van der Waals surface area contributed by atoms with Crippen molar-refractivity contribution in [2.75, 3.05) is 31.3 Å². The predicted octanol–water partition coefficient (Wildman–Crippen LogP) is 1.43. The van der Waals surface area contributed by atoms with Crippen molar-refractivity contribution in [3.63, 3.8) is 0 Å². The lowest BCUT2D eigenvalue weighted by Crippen LogP contribution is -2.45. The molecule has 112 valence electrons. The van der Waals surface area contributed by atoms with Gasteiger partial charge in [-0.25, -0.2) is 0 Å². The maximum Gasteiger partial charge on any atom is 0.221 e. The molecule has 2 unspecified atom stereocenters. The number of amides is 1. The highest BCUT2D eigenvalue weighted by Gasteiger charge is 2.23. The standard InChI is InChI=1S/C13H24N2O2S.ClH/c1-10(11-2-5-17-6-3-11)15-13(16)8-12-9-18-7-4-14-12;/h10-12,14H,2-9H2,1H3,(H,15,16);1H. The fourth-order valence-electron chi connectivity index (χ4n) is 2.62. The van der Waals surface area contributed by atoms with E-state index in [-0.39, 0.29) is 24.4 Å².